The zero-order valence-corrected chi connectivity index (χ0v) is 14.5. The predicted octanol–water partition coefficient (Wildman–Crippen LogP) is 4.21. The molecule has 3 aromatic rings. The maximum Gasteiger partial charge on any atom is 0.338 e. The summed E-state index contributed by atoms with van der Waals surface area (Å²) in [7, 11) is 0. The number of carbonyl (C=O) groups excluding carboxylic acids is 2. The van der Waals surface area contributed by atoms with E-state index in [0.717, 1.165) is 5.39 Å². The van der Waals surface area contributed by atoms with Crippen molar-refractivity contribution >= 4 is 40.1 Å². The van der Waals surface area contributed by atoms with E-state index < -0.39 is 23.8 Å². The first-order valence-electron chi connectivity index (χ1n) is 7.76. The average Bonchev–Trinajstić information content (AvgIpc) is 2.61. The van der Waals surface area contributed by atoms with Crippen LogP contribution in [0.4, 0.5) is 10.1 Å². The summed E-state index contributed by atoms with van der Waals surface area (Å²) in [6.45, 7) is 1.44. The van der Waals surface area contributed by atoms with Gasteiger partial charge in [0.15, 0.2) is 6.10 Å². The number of rotatable bonds is 4. The van der Waals surface area contributed by atoms with Crippen LogP contribution >= 0.6 is 11.6 Å². The van der Waals surface area contributed by atoms with Crippen LogP contribution in [0.2, 0.25) is 5.15 Å². The maximum absolute atomic E-state index is 13.2. The normalized spacial score (nSPS) is 11.8. The third kappa shape index (κ3) is 4.15. The summed E-state index contributed by atoms with van der Waals surface area (Å²) in [6, 6.07) is 13.6. The van der Waals surface area contributed by atoms with Gasteiger partial charge >= 0.3 is 5.97 Å². The molecule has 26 heavy (non-hydrogen) atoms. The number of esters is 1. The number of nitrogens with zero attached hydrogens (tertiary/aromatic N) is 1. The molecule has 0 saturated heterocycles. The fraction of sp³-hybridized carbons (Fsp3) is 0.105. The first kappa shape index (κ1) is 17.8. The molecular weight excluding hydrogens is 359 g/mol. The van der Waals surface area contributed by atoms with Crippen LogP contribution in [-0.2, 0) is 9.53 Å². The zero-order chi connectivity index (χ0) is 18.7. The van der Waals surface area contributed by atoms with Crippen molar-refractivity contribution in [1.29, 1.82) is 0 Å². The Morgan fingerprint density at radius 2 is 1.96 bits per heavy atom. The summed E-state index contributed by atoms with van der Waals surface area (Å²) in [5.74, 6) is -1.68. The summed E-state index contributed by atoms with van der Waals surface area (Å²) in [4.78, 5) is 28.5. The first-order valence-corrected chi connectivity index (χ1v) is 8.14. The molecule has 0 saturated carbocycles. The number of ether oxygens (including phenoxy) is 1. The highest BCUT2D eigenvalue weighted by Gasteiger charge is 2.19. The zero-order valence-electron chi connectivity index (χ0n) is 13.7. The molecule has 1 heterocycles. The molecule has 0 radical (unpaired) electrons. The molecule has 0 aliphatic carbocycles. The van der Waals surface area contributed by atoms with Crippen molar-refractivity contribution in [3.05, 3.63) is 71.1 Å². The fourth-order valence-electron chi connectivity index (χ4n) is 2.32. The number of hydrogen-bond acceptors (Lipinski definition) is 4. The SMILES string of the molecule is CC(OC(=O)c1ccc2nc(Cl)ccc2c1)C(=O)Nc1cccc(F)c1. The summed E-state index contributed by atoms with van der Waals surface area (Å²) in [6.07, 6.45) is -1.05. The van der Waals surface area contributed by atoms with Crippen LogP contribution in [-0.4, -0.2) is 23.0 Å². The van der Waals surface area contributed by atoms with Gasteiger partial charge < -0.3 is 10.1 Å². The minimum absolute atomic E-state index is 0.284. The second-order valence-corrected chi connectivity index (χ2v) is 5.98. The standard InChI is InChI=1S/C19H14ClFN2O3/c1-11(18(24)22-15-4-2-3-14(21)10-15)26-19(25)13-5-7-16-12(9-13)6-8-17(20)23-16/h2-11H,1H3,(H,22,24). The van der Waals surface area contributed by atoms with Crippen LogP contribution in [0.15, 0.2) is 54.6 Å². The minimum Gasteiger partial charge on any atom is -0.449 e. The van der Waals surface area contributed by atoms with E-state index >= 15 is 0 Å². The second-order valence-electron chi connectivity index (χ2n) is 5.59. The van der Waals surface area contributed by atoms with Crippen molar-refractivity contribution in [2.75, 3.05) is 5.32 Å². The smallest absolute Gasteiger partial charge is 0.338 e. The quantitative estimate of drug-likeness (QED) is 0.550. The highest BCUT2D eigenvalue weighted by molar-refractivity contribution is 6.29. The molecular formula is C19H14ClFN2O3. The molecule has 1 aromatic heterocycles. The van der Waals surface area contributed by atoms with Gasteiger partial charge in [0.05, 0.1) is 11.1 Å². The molecule has 132 valence electrons. The van der Waals surface area contributed by atoms with Gasteiger partial charge in [0.2, 0.25) is 0 Å². The Morgan fingerprint density at radius 1 is 1.15 bits per heavy atom. The number of hydrogen-bond donors (Lipinski definition) is 1. The van der Waals surface area contributed by atoms with E-state index in [-0.39, 0.29) is 11.3 Å². The Morgan fingerprint density at radius 3 is 2.73 bits per heavy atom. The van der Waals surface area contributed by atoms with Crippen molar-refractivity contribution in [2.24, 2.45) is 0 Å². The van der Waals surface area contributed by atoms with E-state index in [9.17, 15) is 14.0 Å². The van der Waals surface area contributed by atoms with Gasteiger partial charge in [-0.1, -0.05) is 17.7 Å². The van der Waals surface area contributed by atoms with Gasteiger partial charge in [0, 0.05) is 11.1 Å². The van der Waals surface area contributed by atoms with Crippen LogP contribution in [0.25, 0.3) is 10.9 Å². The number of benzene rings is 2. The van der Waals surface area contributed by atoms with Crippen LogP contribution in [0.3, 0.4) is 0 Å². The maximum atomic E-state index is 13.2. The molecule has 7 heteroatoms. The van der Waals surface area contributed by atoms with Gasteiger partial charge in [0.1, 0.15) is 11.0 Å². The molecule has 5 nitrogen and oxygen atoms in total. The molecule has 1 amide bonds. The van der Waals surface area contributed by atoms with E-state index in [1.54, 1.807) is 30.3 Å². The van der Waals surface area contributed by atoms with E-state index in [1.807, 2.05) is 0 Å². The lowest BCUT2D eigenvalue weighted by molar-refractivity contribution is -0.123. The Bertz CT molecular complexity index is 993. The monoisotopic (exact) mass is 372 g/mol. The number of nitrogens with one attached hydrogen (secondary N) is 1. The van der Waals surface area contributed by atoms with E-state index in [4.69, 9.17) is 16.3 Å². The topological polar surface area (TPSA) is 68.3 Å². The summed E-state index contributed by atoms with van der Waals surface area (Å²) in [5.41, 5.74) is 1.21. The number of amides is 1. The molecule has 1 unspecified atom stereocenters. The molecule has 1 atom stereocenters. The van der Waals surface area contributed by atoms with Crippen LogP contribution in [0.5, 0.6) is 0 Å². The lowest BCUT2D eigenvalue weighted by atomic mass is 10.1. The van der Waals surface area contributed by atoms with Crippen molar-refractivity contribution in [1.82, 2.24) is 4.98 Å². The summed E-state index contributed by atoms with van der Waals surface area (Å²) in [5, 5.41) is 3.57. The van der Waals surface area contributed by atoms with Crippen LogP contribution < -0.4 is 5.32 Å². The highest BCUT2D eigenvalue weighted by atomic mass is 35.5. The molecule has 0 aliphatic heterocycles. The van der Waals surface area contributed by atoms with Gasteiger partial charge in [-0.25, -0.2) is 14.2 Å². The van der Waals surface area contributed by atoms with Gasteiger partial charge in [-0.3, -0.25) is 4.79 Å². The third-order valence-electron chi connectivity index (χ3n) is 3.64. The van der Waals surface area contributed by atoms with E-state index in [2.05, 4.69) is 10.3 Å². The van der Waals surface area contributed by atoms with E-state index in [0.29, 0.717) is 10.7 Å². The number of pyridine rings is 1. The molecule has 3 rings (SSSR count). The molecule has 2 aromatic carbocycles. The fourth-order valence-corrected chi connectivity index (χ4v) is 2.47. The van der Waals surface area contributed by atoms with Gasteiger partial charge in [-0.2, -0.15) is 0 Å². The van der Waals surface area contributed by atoms with Gasteiger partial charge in [0.25, 0.3) is 5.91 Å². The minimum atomic E-state index is -1.05. The number of halogens is 2. The van der Waals surface area contributed by atoms with Gasteiger partial charge in [-0.05, 0) is 55.5 Å². The Labute approximate surface area is 153 Å². The number of aromatic nitrogens is 1. The van der Waals surface area contributed by atoms with Crippen molar-refractivity contribution in [3.63, 3.8) is 0 Å². The molecule has 0 spiro atoms. The van der Waals surface area contributed by atoms with Crippen molar-refractivity contribution in [2.45, 2.75) is 13.0 Å². The molecule has 0 bridgehead atoms. The first-order chi connectivity index (χ1) is 12.4. The van der Waals surface area contributed by atoms with E-state index in [1.165, 1.54) is 31.2 Å². The average molecular weight is 373 g/mol. The number of fused-ring (bicyclic) bond motifs is 1. The lowest BCUT2D eigenvalue weighted by Crippen LogP contribution is -2.30. The molecule has 1 N–H and O–H groups in total. The second kappa shape index (κ2) is 7.49. The Kier molecular flexibility index (Phi) is 5.14. The van der Waals surface area contributed by atoms with Crippen LogP contribution in [0.1, 0.15) is 17.3 Å². The summed E-state index contributed by atoms with van der Waals surface area (Å²) < 4.78 is 18.3. The molecule has 0 aliphatic rings. The van der Waals surface area contributed by atoms with Crippen molar-refractivity contribution in [3.8, 4) is 0 Å². The number of anilines is 1. The van der Waals surface area contributed by atoms with Crippen LogP contribution in [0, 0.1) is 5.82 Å². The molecule has 0 fully saturated rings. The predicted molar refractivity (Wildman–Crippen MR) is 96.7 cm³/mol. The summed E-state index contributed by atoms with van der Waals surface area (Å²) >= 11 is 5.83. The van der Waals surface area contributed by atoms with Crippen molar-refractivity contribution < 1.29 is 18.7 Å². The lowest BCUT2D eigenvalue weighted by Gasteiger charge is -2.14. The highest BCUT2D eigenvalue weighted by Crippen LogP contribution is 2.18. The Hall–Kier alpha value is -2.99. The Balaban J connectivity index is 1.68. The number of carbonyl (C=O) groups is 2. The third-order valence-corrected chi connectivity index (χ3v) is 3.85. The largest absolute Gasteiger partial charge is 0.449 e. The van der Waals surface area contributed by atoms with Gasteiger partial charge in [-0.15, -0.1) is 0 Å².